The number of fused-ring (bicyclic) bond motifs is 1. The van der Waals surface area contributed by atoms with E-state index in [9.17, 15) is 4.79 Å². The number of halogens is 1. The van der Waals surface area contributed by atoms with Gasteiger partial charge in [-0.05, 0) is 52.2 Å². The number of para-hydroxylation sites is 2. The summed E-state index contributed by atoms with van der Waals surface area (Å²) in [5.74, 6) is 0.682. The number of aromatic nitrogens is 2. The summed E-state index contributed by atoms with van der Waals surface area (Å²) < 4.78 is 5.33. The molecule has 3 rings (SSSR count). The second-order valence-electron chi connectivity index (χ2n) is 7.55. The van der Waals surface area contributed by atoms with E-state index in [0.29, 0.717) is 17.5 Å². The van der Waals surface area contributed by atoms with E-state index in [1.165, 1.54) is 0 Å². The molecule has 1 aromatic carbocycles. The van der Waals surface area contributed by atoms with Crippen LogP contribution >= 0.6 is 11.6 Å². The fourth-order valence-electron chi connectivity index (χ4n) is 3.16. The number of anilines is 1. The molecule has 1 saturated heterocycles. The number of rotatable bonds is 3. The Hall–Kier alpha value is -2.08. The molecule has 26 heavy (non-hydrogen) atoms. The van der Waals surface area contributed by atoms with Crippen molar-refractivity contribution in [3.63, 3.8) is 0 Å². The Morgan fingerprint density at radius 3 is 2.65 bits per heavy atom. The number of nitrogens with zero attached hydrogens (tertiary/aromatic N) is 3. The standard InChI is InChI=1S/C19H25ClN4O2/c1-19(2,3)26-18(25)21-12-13-8-6-7-11-24(13)17-16(20)22-14-9-4-5-10-15(14)23-17/h4-5,9-10,13H,6-8,11-12H2,1-3H3,(H,21,25)/t13-/m0/s1. The number of benzene rings is 1. The smallest absolute Gasteiger partial charge is 0.407 e. The molecular formula is C19H25ClN4O2. The van der Waals surface area contributed by atoms with Crippen LogP contribution in [0.1, 0.15) is 40.0 Å². The summed E-state index contributed by atoms with van der Waals surface area (Å²) in [4.78, 5) is 23.3. The van der Waals surface area contributed by atoms with Crippen LogP contribution in [0.4, 0.5) is 10.6 Å². The summed E-state index contributed by atoms with van der Waals surface area (Å²) in [6.45, 7) is 6.88. The predicted molar refractivity (Wildman–Crippen MR) is 104 cm³/mol. The van der Waals surface area contributed by atoms with Gasteiger partial charge in [0.05, 0.1) is 11.0 Å². The van der Waals surface area contributed by atoms with Gasteiger partial charge in [-0.1, -0.05) is 23.7 Å². The number of ether oxygens (including phenoxy) is 1. The summed E-state index contributed by atoms with van der Waals surface area (Å²) in [7, 11) is 0. The zero-order valence-electron chi connectivity index (χ0n) is 15.5. The van der Waals surface area contributed by atoms with Crippen LogP contribution < -0.4 is 10.2 Å². The zero-order chi connectivity index (χ0) is 18.7. The number of alkyl carbamates (subject to hydrolysis) is 1. The normalized spacial score (nSPS) is 18.0. The van der Waals surface area contributed by atoms with Gasteiger partial charge in [-0.15, -0.1) is 0 Å². The minimum absolute atomic E-state index is 0.115. The Balaban J connectivity index is 1.77. The van der Waals surface area contributed by atoms with Crippen molar-refractivity contribution >= 4 is 34.5 Å². The lowest BCUT2D eigenvalue weighted by molar-refractivity contribution is 0.0523. The first-order valence-corrected chi connectivity index (χ1v) is 9.37. The molecule has 0 radical (unpaired) electrons. The van der Waals surface area contributed by atoms with Crippen molar-refractivity contribution < 1.29 is 9.53 Å². The average molecular weight is 377 g/mol. The van der Waals surface area contributed by atoms with Gasteiger partial charge in [-0.25, -0.2) is 14.8 Å². The SMILES string of the molecule is CC(C)(C)OC(=O)NC[C@@H]1CCCCN1c1nc2ccccc2nc1Cl. The quantitative estimate of drug-likeness (QED) is 0.870. The lowest BCUT2D eigenvalue weighted by Crippen LogP contribution is -2.48. The molecule has 1 aliphatic rings. The van der Waals surface area contributed by atoms with Crippen molar-refractivity contribution in [2.45, 2.75) is 51.7 Å². The Morgan fingerprint density at radius 2 is 1.96 bits per heavy atom. The summed E-state index contributed by atoms with van der Waals surface area (Å²) in [6, 6.07) is 7.80. The molecule has 2 heterocycles. The maximum absolute atomic E-state index is 12.0. The first kappa shape index (κ1) is 18.7. The minimum atomic E-state index is -0.510. The first-order chi connectivity index (χ1) is 12.3. The van der Waals surface area contributed by atoms with E-state index in [1.54, 1.807) is 0 Å². The van der Waals surface area contributed by atoms with Crippen molar-refractivity contribution in [1.29, 1.82) is 0 Å². The molecule has 2 aromatic rings. The van der Waals surface area contributed by atoms with Crippen molar-refractivity contribution in [3.05, 3.63) is 29.4 Å². The fourth-order valence-corrected chi connectivity index (χ4v) is 3.40. The number of carbonyl (C=O) groups excluding carboxylic acids is 1. The van der Waals surface area contributed by atoms with Gasteiger partial charge < -0.3 is 15.0 Å². The molecule has 140 valence electrons. The van der Waals surface area contributed by atoms with Gasteiger partial charge in [-0.2, -0.15) is 0 Å². The van der Waals surface area contributed by atoms with Gasteiger partial charge in [0.15, 0.2) is 11.0 Å². The van der Waals surface area contributed by atoms with Crippen LogP contribution in [0.3, 0.4) is 0 Å². The first-order valence-electron chi connectivity index (χ1n) is 8.99. The van der Waals surface area contributed by atoms with E-state index in [4.69, 9.17) is 21.3 Å². The zero-order valence-corrected chi connectivity index (χ0v) is 16.2. The summed E-state index contributed by atoms with van der Waals surface area (Å²) in [5.41, 5.74) is 1.08. The van der Waals surface area contributed by atoms with Crippen molar-refractivity contribution in [2.75, 3.05) is 18.0 Å². The second-order valence-corrected chi connectivity index (χ2v) is 7.91. The molecule has 1 N–H and O–H groups in total. The summed E-state index contributed by atoms with van der Waals surface area (Å²) in [5, 5.41) is 3.27. The summed E-state index contributed by atoms with van der Waals surface area (Å²) in [6.07, 6.45) is 2.73. The molecule has 0 spiro atoms. The number of piperidine rings is 1. The van der Waals surface area contributed by atoms with Crippen LogP contribution in [-0.4, -0.2) is 40.8 Å². The number of hydrogen-bond donors (Lipinski definition) is 1. The fraction of sp³-hybridized carbons (Fsp3) is 0.526. The van der Waals surface area contributed by atoms with E-state index in [2.05, 4.69) is 15.2 Å². The van der Waals surface area contributed by atoms with E-state index in [1.807, 2.05) is 45.0 Å². The second kappa shape index (κ2) is 7.66. The topological polar surface area (TPSA) is 67.3 Å². The van der Waals surface area contributed by atoms with E-state index in [0.717, 1.165) is 36.8 Å². The third kappa shape index (κ3) is 4.55. The lowest BCUT2D eigenvalue weighted by Gasteiger charge is -2.37. The van der Waals surface area contributed by atoms with Gasteiger partial charge in [0.1, 0.15) is 5.60 Å². The Morgan fingerprint density at radius 1 is 1.27 bits per heavy atom. The van der Waals surface area contributed by atoms with Gasteiger partial charge in [0.25, 0.3) is 0 Å². The van der Waals surface area contributed by atoms with Crippen LogP contribution in [0, 0.1) is 0 Å². The molecule has 0 aliphatic carbocycles. The average Bonchev–Trinajstić information content (AvgIpc) is 2.58. The number of amides is 1. The third-order valence-corrected chi connectivity index (χ3v) is 4.54. The molecule has 6 nitrogen and oxygen atoms in total. The number of hydrogen-bond acceptors (Lipinski definition) is 5. The highest BCUT2D eigenvalue weighted by molar-refractivity contribution is 6.32. The Labute approximate surface area is 158 Å². The van der Waals surface area contributed by atoms with Crippen LogP contribution in [0.25, 0.3) is 11.0 Å². The van der Waals surface area contributed by atoms with Gasteiger partial charge in [-0.3, -0.25) is 0 Å². The van der Waals surface area contributed by atoms with Gasteiger partial charge >= 0.3 is 6.09 Å². The highest BCUT2D eigenvalue weighted by Gasteiger charge is 2.27. The van der Waals surface area contributed by atoms with Crippen molar-refractivity contribution in [2.24, 2.45) is 0 Å². The van der Waals surface area contributed by atoms with Crippen molar-refractivity contribution in [3.8, 4) is 0 Å². The van der Waals surface area contributed by atoms with Crippen molar-refractivity contribution in [1.82, 2.24) is 15.3 Å². The summed E-state index contributed by atoms with van der Waals surface area (Å²) >= 11 is 6.42. The molecule has 7 heteroatoms. The minimum Gasteiger partial charge on any atom is -0.444 e. The van der Waals surface area contributed by atoms with Crippen LogP contribution in [0.5, 0.6) is 0 Å². The number of carbonyl (C=O) groups is 1. The van der Waals surface area contributed by atoms with E-state index >= 15 is 0 Å². The largest absolute Gasteiger partial charge is 0.444 e. The predicted octanol–water partition coefficient (Wildman–Crippen LogP) is 4.17. The highest BCUT2D eigenvalue weighted by Crippen LogP contribution is 2.30. The van der Waals surface area contributed by atoms with Gasteiger partial charge in [0.2, 0.25) is 0 Å². The highest BCUT2D eigenvalue weighted by atomic mass is 35.5. The molecule has 1 amide bonds. The molecule has 1 atom stereocenters. The molecule has 1 fully saturated rings. The monoisotopic (exact) mass is 376 g/mol. The molecular weight excluding hydrogens is 352 g/mol. The van der Waals surface area contributed by atoms with E-state index < -0.39 is 11.7 Å². The van der Waals surface area contributed by atoms with Crippen LogP contribution in [0.15, 0.2) is 24.3 Å². The maximum atomic E-state index is 12.0. The van der Waals surface area contributed by atoms with Crippen LogP contribution in [0.2, 0.25) is 5.15 Å². The molecule has 1 aromatic heterocycles. The molecule has 0 saturated carbocycles. The lowest BCUT2D eigenvalue weighted by atomic mass is 10.0. The molecule has 1 aliphatic heterocycles. The Bertz CT molecular complexity index is 791. The maximum Gasteiger partial charge on any atom is 0.407 e. The van der Waals surface area contributed by atoms with Crippen LogP contribution in [-0.2, 0) is 4.74 Å². The number of nitrogens with one attached hydrogen (secondary N) is 1. The third-order valence-electron chi connectivity index (χ3n) is 4.29. The molecule has 0 bridgehead atoms. The Kier molecular flexibility index (Phi) is 5.51. The van der Waals surface area contributed by atoms with E-state index in [-0.39, 0.29) is 6.04 Å². The molecule has 0 unspecified atom stereocenters. The van der Waals surface area contributed by atoms with Gasteiger partial charge in [0, 0.05) is 19.1 Å².